The van der Waals surface area contributed by atoms with Gasteiger partial charge < -0.3 is 24.8 Å². The lowest BCUT2D eigenvalue weighted by Gasteiger charge is -2.39. The molecule has 1 unspecified atom stereocenters. The molecule has 2 N–H and O–H groups in total. The van der Waals surface area contributed by atoms with Crippen molar-refractivity contribution >= 4 is 5.91 Å². The highest BCUT2D eigenvalue weighted by Crippen LogP contribution is 2.39. The van der Waals surface area contributed by atoms with E-state index in [1.165, 1.54) is 20.6 Å². The van der Waals surface area contributed by atoms with E-state index < -0.39 is 0 Å². The molecule has 0 saturated carbocycles. The van der Waals surface area contributed by atoms with Gasteiger partial charge in [0.25, 0.3) is 5.91 Å². The first-order valence-corrected chi connectivity index (χ1v) is 8.25. The predicted molar refractivity (Wildman–Crippen MR) is 93.2 cm³/mol. The molecule has 1 aromatic rings. The second-order valence-corrected chi connectivity index (χ2v) is 6.69. The van der Waals surface area contributed by atoms with Gasteiger partial charge in [-0.15, -0.1) is 0 Å². The molecule has 6 heteroatoms. The molecule has 0 bridgehead atoms. The Balaban J connectivity index is 2.15. The number of hydrogen-bond donors (Lipinski definition) is 2. The second kappa shape index (κ2) is 7.75. The number of benzene rings is 1. The van der Waals surface area contributed by atoms with Gasteiger partial charge in [-0.05, 0) is 36.9 Å². The summed E-state index contributed by atoms with van der Waals surface area (Å²) >= 11 is 0. The van der Waals surface area contributed by atoms with E-state index in [0.29, 0.717) is 29.4 Å². The predicted octanol–water partition coefficient (Wildman–Crippen LogP) is 2.22. The molecule has 0 aliphatic carbocycles. The van der Waals surface area contributed by atoms with Crippen LogP contribution in [0.5, 0.6) is 17.2 Å². The van der Waals surface area contributed by atoms with E-state index in [2.05, 4.69) is 24.5 Å². The van der Waals surface area contributed by atoms with E-state index in [1.807, 2.05) is 0 Å². The molecule has 1 atom stereocenters. The summed E-state index contributed by atoms with van der Waals surface area (Å²) in [7, 11) is 4.59. The zero-order valence-electron chi connectivity index (χ0n) is 15.2. The zero-order chi connectivity index (χ0) is 17.7. The molecule has 6 nitrogen and oxygen atoms in total. The maximum absolute atomic E-state index is 12.6. The van der Waals surface area contributed by atoms with Crippen molar-refractivity contribution in [3.63, 3.8) is 0 Å². The van der Waals surface area contributed by atoms with E-state index in [1.54, 1.807) is 19.2 Å². The number of carbonyl (C=O) groups excluding carboxylic acids is 1. The van der Waals surface area contributed by atoms with Crippen LogP contribution in [0.1, 0.15) is 37.0 Å². The Hall–Kier alpha value is -1.95. The van der Waals surface area contributed by atoms with Crippen LogP contribution in [0.25, 0.3) is 0 Å². The van der Waals surface area contributed by atoms with E-state index >= 15 is 0 Å². The second-order valence-electron chi connectivity index (χ2n) is 6.69. The first kappa shape index (κ1) is 18.4. The molecule has 1 amide bonds. The molecule has 1 heterocycles. The van der Waals surface area contributed by atoms with Gasteiger partial charge in [0.1, 0.15) is 0 Å². The fraction of sp³-hybridized carbons (Fsp3) is 0.611. The molecule has 1 aromatic carbocycles. The number of amides is 1. The smallest absolute Gasteiger partial charge is 0.255 e. The molecular weight excluding hydrogens is 308 g/mol. The quantitative estimate of drug-likeness (QED) is 0.834. The summed E-state index contributed by atoms with van der Waals surface area (Å²) in [6.07, 6.45) is 2.32. The van der Waals surface area contributed by atoms with Crippen molar-refractivity contribution in [2.75, 3.05) is 34.4 Å². The maximum atomic E-state index is 12.6. The van der Waals surface area contributed by atoms with E-state index in [0.717, 1.165) is 13.0 Å². The van der Waals surface area contributed by atoms with Crippen molar-refractivity contribution in [3.8, 4) is 17.2 Å². The first-order valence-electron chi connectivity index (χ1n) is 8.25. The van der Waals surface area contributed by atoms with E-state index in [-0.39, 0.29) is 17.4 Å². The average molecular weight is 336 g/mol. The number of piperidine rings is 1. The minimum atomic E-state index is -0.184. The van der Waals surface area contributed by atoms with Gasteiger partial charge in [0.15, 0.2) is 11.5 Å². The molecule has 1 aliphatic rings. The molecule has 1 saturated heterocycles. The number of rotatable bonds is 6. The summed E-state index contributed by atoms with van der Waals surface area (Å²) in [5.74, 6) is 1.14. The number of hydrogen-bond acceptors (Lipinski definition) is 5. The van der Waals surface area contributed by atoms with Crippen LogP contribution in [-0.4, -0.2) is 46.4 Å². The first-order chi connectivity index (χ1) is 11.4. The molecule has 1 fully saturated rings. The van der Waals surface area contributed by atoms with Crippen LogP contribution in [0.3, 0.4) is 0 Å². The van der Waals surface area contributed by atoms with Gasteiger partial charge in [-0.3, -0.25) is 4.79 Å². The highest BCUT2D eigenvalue weighted by Gasteiger charge is 2.32. The number of carbonyl (C=O) groups is 1. The monoisotopic (exact) mass is 336 g/mol. The van der Waals surface area contributed by atoms with Crippen LogP contribution in [-0.2, 0) is 0 Å². The van der Waals surface area contributed by atoms with Crippen molar-refractivity contribution in [3.05, 3.63) is 17.7 Å². The Morgan fingerprint density at radius 3 is 2.50 bits per heavy atom. The van der Waals surface area contributed by atoms with Gasteiger partial charge >= 0.3 is 0 Å². The van der Waals surface area contributed by atoms with Crippen LogP contribution >= 0.6 is 0 Å². The third-order valence-electron chi connectivity index (χ3n) is 4.75. The summed E-state index contributed by atoms with van der Waals surface area (Å²) in [5.41, 5.74) is 0.594. The summed E-state index contributed by atoms with van der Waals surface area (Å²) in [4.78, 5) is 12.6. The Labute approximate surface area is 143 Å². The van der Waals surface area contributed by atoms with Gasteiger partial charge in [0.2, 0.25) is 5.75 Å². The highest BCUT2D eigenvalue weighted by molar-refractivity contribution is 5.98. The largest absolute Gasteiger partial charge is 0.493 e. The van der Waals surface area contributed by atoms with Crippen molar-refractivity contribution < 1.29 is 19.0 Å². The molecule has 0 radical (unpaired) electrons. The number of methoxy groups -OCH3 is 3. The Bertz CT molecular complexity index is 587. The molecule has 0 spiro atoms. The van der Waals surface area contributed by atoms with Crippen LogP contribution in [0.2, 0.25) is 0 Å². The lowest BCUT2D eigenvalue weighted by Crippen LogP contribution is -2.52. The van der Waals surface area contributed by atoms with Gasteiger partial charge in [0.05, 0.1) is 26.9 Å². The standard InChI is InChI=1S/C18H28N2O4/c1-18(2)9-6-10-19-14(18)11-20-17(21)12-7-8-13(22-3)16(24-5)15(12)23-4/h7-8,14,19H,6,9-11H2,1-5H3,(H,20,21). The Morgan fingerprint density at radius 1 is 1.21 bits per heavy atom. The summed E-state index contributed by atoms with van der Waals surface area (Å²) in [6.45, 7) is 6.02. The molecule has 1 aliphatic heterocycles. The average Bonchev–Trinajstić information content (AvgIpc) is 2.58. The fourth-order valence-corrected chi connectivity index (χ4v) is 3.19. The number of nitrogens with one attached hydrogen (secondary N) is 2. The number of ether oxygens (including phenoxy) is 3. The molecule has 2 rings (SSSR count). The summed E-state index contributed by atoms with van der Waals surface area (Å²) in [5, 5.41) is 6.50. The fourth-order valence-electron chi connectivity index (χ4n) is 3.19. The molecule has 134 valence electrons. The van der Waals surface area contributed by atoms with Gasteiger partial charge in [-0.1, -0.05) is 13.8 Å². The third kappa shape index (κ3) is 3.75. The Kier molecular flexibility index (Phi) is 5.94. The highest BCUT2D eigenvalue weighted by atomic mass is 16.5. The SMILES string of the molecule is COc1ccc(C(=O)NCC2NCCCC2(C)C)c(OC)c1OC. The Morgan fingerprint density at radius 2 is 1.92 bits per heavy atom. The van der Waals surface area contributed by atoms with Crippen LogP contribution in [0.4, 0.5) is 0 Å². The van der Waals surface area contributed by atoms with Crippen molar-refractivity contribution in [1.82, 2.24) is 10.6 Å². The van der Waals surface area contributed by atoms with Gasteiger partial charge in [-0.2, -0.15) is 0 Å². The van der Waals surface area contributed by atoms with Crippen LogP contribution in [0.15, 0.2) is 12.1 Å². The van der Waals surface area contributed by atoms with E-state index in [9.17, 15) is 4.79 Å². The summed E-state index contributed by atoms with van der Waals surface area (Å²) in [6, 6.07) is 3.65. The summed E-state index contributed by atoms with van der Waals surface area (Å²) < 4.78 is 16.0. The zero-order valence-corrected chi connectivity index (χ0v) is 15.2. The van der Waals surface area contributed by atoms with Crippen LogP contribution in [0, 0.1) is 5.41 Å². The van der Waals surface area contributed by atoms with Crippen molar-refractivity contribution in [2.45, 2.75) is 32.7 Å². The lowest BCUT2D eigenvalue weighted by molar-refractivity contribution is 0.0925. The minimum Gasteiger partial charge on any atom is -0.493 e. The van der Waals surface area contributed by atoms with Gasteiger partial charge in [-0.25, -0.2) is 0 Å². The minimum absolute atomic E-state index is 0.160. The topological polar surface area (TPSA) is 68.8 Å². The maximum Gasteiger partial charge on any atom is 0.255 e. The van der Waals surface area contributed by atoms with Crippen molar-refractivity contribution in [1.29, 1.82) is 0 Å². The van der Waals surface area contributed by atoms with Crippen molar-refractivity contribution in [2.24, 2.45) is 5.41 Å². The molecule has 24 heavy (non-hydrogen) atoms. The van der Waals surface area contributed by atoms with Gasteiger partial charge in [0, 0.05) is 12.6 Å². The lowest BCUT2D eigenvalue weighted by atomic mass is 9.77. The molecule has 0 aromatic heterocycles. The third-order valence-corrected chi connectivity index (χ3v) is 4.75. The van der Waals surface area contributed by atoms with E-state index in [4.69, 9.17) is 14.2 Å². The normalized spacial score (nSPS) is 19.5. The van der Waals surface area contributed by atoms with Crippen LogP contribution < -0.4 is 24.8 Å². The molecular formula is C18H28N2O4.